The number of nitrogens with one attached hydrogen (secondary N) is 1. The van der Waals surface area contributed by atoms with Crippen LogP contribution in [-0.4, -0.2) is 33.7 Å². The lowest BCUT2D eigenvalue weighted by Gasteiger charge is -2.15. The molecule has 1 aromatic carbocycles. The molecule has 0 aliphatic heterocycles. The average Bonchev–Trinajstić information content (AvgIpc) is 3.24. The smallest absolute Gasteiger partial charge is 0.342 e. The van der Waals surface area contributed by atoms with Crippen LogP contribution in [0, 0.1) is 12.7 Å². The first-order valence-electron chi connectivity index (χ1n) is 9.22. The average molecular weight is 429 g/mol. The first-order chi connectivity index (χ1) is 14.4. The fraction of sp³-hybridized carbons (Fsp3) is 0.238. The van der Waals surface area contributed by atoms with E-state index in [9.17, 15) is 14.0 Å². The molecule has 7 nitrogen and oxygen atoms in total. The zero-order chi connectivity index (χ0) is 21.7. The van der Waals surface area contributed by atoms with Gasteiger partial charge in [0.1, 0.15) is 16.4 Å². The van der Waals surface area contributed by atoms with Gasteiger partial charge in [-0.3, -0.25) is 4.79 Å². The summed E-state index contributed by atoms with van der Waals surface area (Å²) in [5.41, 5.74) is 0.664. The summed E-state index contributed by atoms with van der Waals surface area (Å²) in [6.07, 6.45) is 1.49. The fourth-order valence-electron chi connectivity index (χ4n) is 2.60. The van der Waals surface area contributed by atoms with Gasteiger partial charge in [-0.05, 0) is 45.0 Å². The van der Waals surface area contributed by atoms with Crippen LogP contribution < -0.4 is 5.32 Å². The molecule has 1 N–H and O–H groups in total. The number of nitrogens with zero attached hydrogens (tertiary/aromatic N) is 2. The molecular weight excluding hydrogens is 409 g/mol. The molecule has 0 unspecified atom stereocenters. The van der Waals surface area contributed by atoms with Crippen molar-refractivity contribution in [3.63, 3.8) is 0 Å². The lowest BCUT2D eigenvalue weighted by Crippen LogP contribution is -2.24. The maximum absolute atomic E-state index is 13.8. The zero-order valence-corrected chi connectivity index (χ0v) is 17.5. The van der Waals surface area contributed by atoms with Gasteiger partial charge in [-0.15, -0.1) is 0 Å². The molecule has 1 atom stereocenters. The Morgan fingerprint density at radius 2 is 2.00 bits per heavy atom. The second-order valence-electron chi connectivity index (χ2n) is 6.24. The molecule has 3 rings (SSSR count). The fourth-order valence-corrected chi connectivity index (χ4v) is 3.59. The number of carbonyl (C=O) groups is 2. The van der Waals surface area contributed by atoms with E-state index in [1.54, 1.807) is 39.0 Å². The van der Waals surface area contributed by atoms with Crippen molar-refractivity contribution in [3.05, 3.63) is 59.7 Å². The van der Waals surface area contributed by atoms with E-state index in [0.717, 1.165) is 11.8 Å². The van der Waals surface area contributed by atoms with Crippen LogP contribution >= 0.6 is 11.8 Å². The summed E-state index contributed by atoms with van der Waals surface area (Å²) in [4.78, 5) is 33.9. The van der Waals surface area contributed by atoms with Crippen molar-refractivity contribution in [3.8, 4) is 11.6 Å². The summed E-state index contributed by atoms with van der Waals surface area (Å²) in [6.45, 7) is 5.18. The number of para-hydroxylation sites is 1. The molecule has 0 radical (unpaired) electrons. The van der Waals surface area contributed by atoms with E-state index in [-0.39, 0.29) is 28.7 Å². The highest BCUT2D eigenvalue weighted by Gasteiger charge is 2.25. The van der Waals surface area contributed by atoms with Crippen LogP contribution in [0.5, 0.6) is 0 Å². The van der Waals surface area contributed by atoms with Crippen molar-refractivity contribution < 1.29 is 23.1 Å². The Bertz CT molecular complexity index is 1060. The Hall–Kier alpha value is -3.20. The molecule has 0 saturated heterocycles. The summed E-state index contributed by atoms with van der Waals surface area (Å²) in [5.74, 6) is -0.831. The molecule has 1 amide bonds. The number of halogens is 1. The van der Waals surface area contributed by atoms with Crippen molar-refractivity contribution in [1.29, 1.82) is 0 Å². The van der Waals surface area contributed by atoms with E-state index in [4.69, 9.17) is 9.15 Å². The largest absolute Gasteiger partial charge is 0.462 e. The molecule has 0 saturated carbocycles. The van der Waals surface area contributed by atoms with Crippen molar-refractivity contribution in [2.75, 3.05) is 11.9 Å². The van der Waals surface area contributed by atoms with Crippen LogP contribution in [0.4, 0.5) is 10.1 Å². The van der Waals surface area contributed by atoms with Crippen molar-refractivity contribution >= 4 is 29.3 Å². The van der Waals surface area contributed by atoms with Crippen LogP contribution in [-0.2, 0) is 9.53 Å². The standard InChI is InChI=1S/C21H20FN3O4S/c1-4-28-21(27)17-12(2)23-18(16-10-7-11-29-16)25-20(17)30-13(3)19(26)24-15-9-6-5-8-14(15)22/h5-11,13H,4H2,1-3H3,(H,24,26)/t13-/m1/s1. The van der Waals surface area contributed by atoms with Gasteiger partial charge in [-0.2, -0.15) is 0 Å². The molecule has 0 aliphatic carbocycles. The number of hydrogen-bond donors (Lipinski definition) is 1. The predicted octanol–water partition coefficient (Wildman–Crippen LogP) is 4.48. The van der Waals surface area contributed by atoms with E-state index in [1.807, 2.05) is 0 Å². The number of rotatable bonds is 7. The Kier molecular flexibility index (Phi) is 6.83. The topological polar surface area (TPSA) is 94.3 Å². The van der Waals surface area contributed by atoms with Crippen LogP contribution in [0.25, 0.3) is 11.6 Å². The number of thioether (sulfide) groups is 1. The third kappa shape index (κ3) is 4.85. The SMILES string of the molecule is CCOC(=O)c1c(C)nc(-c2ccco2)nc1S[C@H](C)C(=O)Nc1ccccc1F. The molecule has 0 aliphatic rings. The summed E-state index contributed by atoms with van der Waals surface area (Å²) in [6, 6.07) is 9.29. The summed E-state index contributed by atoms with van der Waals surface area (Å²) < 4.78 is 24.3. The van der Waals surface area contributed by atoms with Crippen LogP contribution in [0.3, 0.4) is 0 Å². The molecule has 0 fully saturated rings. The normalized spacial score (nSPS) is 11.7. The number of anilines is 1. The van der Waals surface area contributed by atoms with E-state index in [1.165, 1.54) is 24.5 Å². The number of aryl methyl sites for hydroxylation is 1. The Morgan fingerprint density at radius 1 is 1.23 bits per heavy atom. The number of esters is 1. The lowest BCUT2D eigenvalue weighted by molar-refractivity contribution is -0.115. The number of aromatic nitrogens is 2. The highest BCUT2D eigenvalue weighted by molar-refractivity contribution is 8.00. The van der Waals surface area contributed by atoms with E-state index >= 15 is 0 Å². The Balaban J connectivity index is 1.91. The molecule has 9 heteroatoms. The summed E-state index contributed by atoms with van der Waals surface area (Å²) in [5, 5.41) is 2.15. The van der Waals surface area contributed by atoms with Gasteiger partial charge < -0.3 is 14.5 Å². The number of amides is 1. The van der Waals surface area contributed by atoms with Gasteiger partial charge in [0, 0.05) is 0 Å². The lowest BCUT2D eigenvalue weighted by atomic mass is 10.2. The molecule has 0 spiro atoms. The molecule has 30 heavy (non-hydrogen) atoms. The van der Waals surface area contributed by atoms with Gasteiger partial charge in [0.25, 0.3) is 0 Å². The second-order valence-corrected chi connectivity index (χ2v) is 7.57. The van der Waals surface area contributed by atoms with E-state index in [0.29, 0.717) is 11.5 Å². The molecule has 156 valence electrons. The molecule has 2 aromatic heterocycles. The third-order valence-electron chi connectivity index (χ3n) is 4.07. The van der Waals surface area contributed by atoms with Crippen molar-refractivity contribution in [1.82, 2.24) is 9.97 Å². The predicted molar refractivity (Wildman–Crippen MR) is 111 cm³/mol. The quantitative estimate of drug-likeness (QED) is 0.336. The number of carbonyl (C=O) groups excluding carboxylic acids is 2. The monoisotopic (exact) mass is 429 g/mol. The van der Waals surface area contributed by atoms with Gasteiger partial charge in [0.05, 0.1) is 29.5 Å². The number of benzene rings is 1. The first-order valence-corrected chi connectivity index (χ1v) is 10.1. The molecular formula is C21H20FN3O4S. The van der Waals surface area contributed by atoms with Gasteiger partial charge in [-0.25, -0.2) is 19.2 Å². The van der Waals surface area contributed by atoms with Crippen molar-refractivity contribution in [2.45, 2.75) is 31.0 Å². The molecule has 0 bridgehead atoms. The van der Waals surface area contributed by atoms with Crippen LogP contribution in [0.2, 0.25) is 0 Å². The number of hydrogen-bond acceptors (Lipinski definition) is 7. The van der Waals surface area contributed by atoms with E-state index < -0.39 is 22.9 Å². The third-order valence-corrected chi connectivity index (χ3v) is 5.15. The molecule has 2 heterocycles. The number of furan rings is 1. The minimum atomic E-state index is -0.684. The van der Waals surface area contributed by atoms with Gasteiger partial charge >= 0.3 is 5.97 Å². The van der Waals surface area contributed by atoms with Crippen LogP contribution in [0.15, 0.2) is 52.1 Å². The molecule has 3 aromatic rings. The Morgan fingerprint density at radius 3 is 2.67 bits per heavy atom. The van der Waals surface area contributed by atoms with Gasteiger partial charge in [0.2, 0.25) is 5.91 Å². The van der Waals surface area contributed by atoms with Crippen molar-refractivity contribution in [2.24, 2.45) is 0 Å². The summed E-state index contributed by atoms with van der Waals surface area (Å²) >= 11 is 1.06. The van der Waals surface area contributed by atoms with Gasteiger partial charge in [-0.1, -0.05) is 23.9 Å². The van der Waals surface area contributed by atoms with Gasteiger partial charge in [0.15, 0.2) is 11.6 Å². The first kappa shape index (κ1) is 21.5. The highest BCUT2D eigenvalue weighted by atomic mass is 32.2. The highest BCUT2D eigenvalue weighted by Crippen LogP contribution is 2.30. The number of ether oxygens (including phenoxy) is 1. The maximum Gasteiger partial charge on any atom is 0.342 e. The maximum atomic E-state index is 13.8. The minimum Gasteiger partial charge on any atom is -0.462 e. The summed E-state index contributed by atoms with van der Waals surface area (Å²) in [7, 11) is 0. The zero-order valence-electron chi connectivity index (χ0n) is 16.6. The minimum absolute atomic E-state index is 0.0794. The van der Waals surface area contributed by atoms with E-state index in [2.05, 4.69) is 15.3 Å². The van der Waals surface area contributed by atoms with Crippen LogP contribution in [0.1, 0.15) is 29.9 Å². The second kappa shape index (κ2) is 9.53. The Labute approximate surface area is 177 Å².